The monoisotopic (exact) mass is 345 g/mol. The third-order valence-corrected chi connectivity index (χ3v) is 9.61. The van der Waals surface area contributed by atoms with Gasteiger partial charge in [0.2, 0.25) is 0 Å². The quantitative estimate of drug-likeness (QED) is 0.414. The van der Waals surface area contributed by atoms with Gasteiger partial charge >= 0.3 is 5.97 Å². The van der Waals surface area contributed by atoms with E-state index in [1.54, 1.807) is 0 Å². The number of carbonyl (C=O) groups is 1. The lowest BCUT2D eigenvalue weighted by molar-refractivity contribution is -0.143. The maximum absolute atomic E-state index is 11.4. The van der Waals surface area contributed by atoms with Crippen molar-refractivity contribution in [2.24, 2.45) is 5.92 Å². The smallest absolute Gasteiger partial charge is 0.305 e. The zero-order valence-electron chi connectivity index (χ0n) is 13.5. The zero-order valence-corrected chi connectivity index (χ0v) is 15.2. The van der Waals surface area contributed by atoms with Gasteiger partial charge in [0.15, 0.2) is 0 Å². The molecule has 5 nitrogen and oxygen atoms in total. The van der Waals surface area contributed by atoms with Gasteiger partial charge in [0.1, 0.15) is 6.49 Å². The summed E-state index contributed by atoms with van der Waals surface area (Å²) in [5.74, 6) is 0.643. The van der Waals surface area contributed by atoms with Gasteiger partial charge in [-0.1, -0.05) is 0 Å². The Morgan fingerprint density at radius 3 is 2.27 bits per heavy atom. The summed E-state index contributed by atoms with van der Waals surface area (Å²) >= 11 is 5.99. The third kappa shape index (κ3) is 4.30. The second-order valence-corrected chi connectivity index (χ2v) is 10.6. The molecule has 7 heteroatoms. The Morgan fingerprint density at radius 1 is 1.18 bits per heavy atom. The summed E-state index contributed by atoms with van der Waals surface area (Å²) < 4.78 is 9.94. The molecular weight excluding hydrogens is 317 g/mol. The first kappa shape index (κ1) is 16.8. The number of rotatable bonds is 8. The molecule has 0 amide bonds. The maximum atomic E-state index is 11.4. The number of hydrogen-bond donors (Lipinski definition) is 1. The molecule has 0 unspecified atom stereocenters. The van der Waals surface area contributed by atoms with Gasteiger partial charge in [0.25, 0.3) is 0 Å². The van der Waals surface area contributed by atoms with Gasteiger partial charge < -0.3 is 4.74 Å². The van der Waals surface area contributed by atoms with Crippen LogP contribution in [0.5, 0.6) is 0 Å². The summed E-state index contributed by atoms with van der Waals surface area (Å²) in [6, 6.07) is 0.575. The molecule has 22 heavy (non-hydrogen) atoms. The van der Waals surface area contributed by atoms with Crippen LogP contribution in [0.15, 0.2) is 0 Å². The minimum Gasteiger partial charge on any atom is -0.466 e. The van der Waals surface area contributed by atoms with Crippen LogP contribution < -0.4 is 5.09 Å². The highest BCUT2D eigenvalue weighted by atomic mass is 32.4. The summed E-state index contributed by atoms with van der Waals surface area (Å²) in [6.07, 6.45) is 6.40. The number of nitrogens with one attached hydrogen (secondary N) is 1. The molecule has 0 aromatic heterocycles. The van der Waals surface area contributed by atoms with Crippen molar-refractivity contribution in [2.45, 2.75) is 51.5 Å². The summed E-state index contributed by atoms with van der Waals surface area (Å²) in [7, 11) is 0. The molecule has 0 aromatic carbocycles. The molecule has 0 atom stereocenters. The molecule has 2 saturated heterocycles. The molecule has 3 fully saturated rings. The van der Waals surface area contributed by atoms with Crippen molar-refractivity contribution in [3.8, 4) is 0 Å². The molecule has 0 bridgehead atoms. The summed E-state index contributed by atoms with van der Waals surface area (Å²) in [5, 5.41) is 3.85. The highest BCUT2D eigenvalue weighted by molar-refractivity contribution is 8.11. The van der Waals surface area contributed by atoms with Crippen molar-refractivity contribution in [1.82, 2.24) is 14.4 Å². The summed E-state index contributed by atoms with van der Waals surface area (Å²) in [4.78, 5) is 11.4. The van der Waals surface area contributed by atoms with Crippen molar-refractivity contribution in [3.05, 3.63) is 0 Å². The highest BCUT2D eigenvalue weighted by Gasteiger charge is 2.44. The van der Waals surface area contributed by atoms with Crippen LogP contribution >= 0.6 is 6.49 Å². The maximum Gasteiger partial charge on any atom is 0.305 e. The van der Waals surface area contributed by atoms with Gasteiger partial charge in [-0.2, -0.15) is 0 Å². The average molecular weight is 345 g/mol. The van der Waals surface area contributed by atoms with E-state index in [0.717, 1.165) is 6.42 Å². The van der Waals surface area contributed by atoms with Crippen LogP contribution in [0.25, 0.3) is 0 Å². The molecule has 2 heterocycles. The molecular formula is C15H28N3O2PS. The van der Waals surface area contributed by atoms with Gasteiger partial charge in [-0.05, 0) is 56.8 Å². The van der Waals surface area contributed by atoms with Gasteiger partial charge in [-0.25, -0.2) is 9.34 Å². The number of ether oxygens (including phenoxy) is 1. The first-order valence-corrected chi connectivity index (χ1v) is 11.4. The summed E-state index contributed by atoms with van der Waals surface area (Å²) in [5.41, 5.74) is 0. The Morgan fingerprint density at radius 2 is 1.77 bits per heavy atom. The van der Waals surface area contributed by atoms with Gasteiger partial charge in [0.05, 0.1) is 6.61 Å². The van der Waals surface area contributed by atoms with E-state index in [4.69, 9.17) is 16.5 Å². The Labute approximate surface area is 138 Å². The van der Waals surface area contributed by atoms with E-state index in [1.165, 1.54) is 51.9 Å². The second kappa shape index (κ2) is 7.27. The van der Waals surface area contributed by atoms with E-state index in [2.05, 4.69) is 14.4 Å². The van der Waals surface area contributed by atoms with Crippen molar-refractivity contribution < 1.29 is 9.53 Å². The van der Waals surface area contributed by atoms with Gasteiger partial charge in [-0.3, -0.25) is 9.88 Å². The Kier molecular flexibility index (Phi) is 5.56. The highest BCUT2D eigenvalue weighted by Crippen LogP contribution is 2.58. The molecule has 1 aliphatic carbocycles. The van der Waals surface area contributed by atoms with Crippen LogP contribution in [-0.2, 0) is 21.3 Å². The van der Waals surface area contributed by atoms with E-state index in [-0.39, 0.29) is 5.97 Å². The van der Waals surface area contributed by atoms with Crippen LogP contribution in [0.4, 0.5) is 0 Å². The third-order valence-electron chi connectivity index (χ3n) is 4.87. The molecule has 2 aliphatic heterocycles. The Hall–Kier alpha value is -0.0000000000000000694. The number of nitrogens with zero attached hydrogens (tertiary/aromatic N) is 2. The molecule has 0 aromatic rings. The standard InChI is InChI=1S/C15H28N3O2PS/c1-2-20-15(19)8-5-13-3-6-14(7-4-13)16-21(22,17-9-10-17)18-11-12-18/h13-14H,2-12H2,1H3,(H,16,22). The topological polar surface area (TPSA) is 44.3 Å². The second-order valence-electron chi connectivity index (χ2n) is 6.64. The number of carbonyl (C=O) groups excluding carboxylic acids is 1. The zero-order chi connectivity index (χ0) is 15.6. The minimum atomic E-state index is -1.59. The van der Waals surface area contributed by atoms with Crippen LogP contribution in [-0.4, -0.2) is 54.1 Å². The lowest BCUT2D eigenvalue weighted by Gasteiger charge is -2.35. The summed E-state index contributed by atoms with van der Waals surface area (Å²) in [6.45, 7) is 5.47. The van der Waals surface area contributed by atoms with Gasteiger partial charge in [0, 0.05) is 38.6 Å². The fourth-order valence-corrected chi connectivity index (χ4v) is 7.46. The molecule has 3 rings (SSSR count). The lowest BCUT2D eigenvalue weighted by atomic mass is 9.84. The van der Waals surface area contributed by atoms with Crippen LogP contribution in [0.3, 0.4) is 0 Å². The van der Waals surface area contributed by atoms with E-state index >= 15 is 0 Å². The molecule has 1 N–H and O–H groups in total. The fourth-order valence-electron chi connectivity index (χ4n) is 3.35. The first-order chi connectivity index (χ1) is 10.6. The van der Waals surface area contributed by atoms with Crippen LogP contribution in [0.2, 0.25) is 0 Å². The predicted molar refractivity (Wildman–Crippen MR) is 92.2 cm³/mol. The molecule has 1 saturated carbocycles. The Bertz CT molecular complexity index is 430. The van der Waals surface area contributed by atoms with E-state index in [9.17, 15) is 4.79 Å². The largest absolute Gasteiger partial charge is 0.466 e. The molecule has 0 spiro atoms. The Balaban J connectivity index is 1.40. The molecule has 0 radical (unpaired) electrons. The van der Waals surface area contributed by atoms with E-state index < -0.39 is 6.49 Å². The fraction of sp³-hybridized carbons (Fsp3) is 0.933. The lowest BCUT2D eigenvalue weighted by Crippen LogP contribution is -2.34. The first-order valence-electron chi connectivity index (χ1n) is 8.66. The number of esters is 1. The average Bonchev–Trinajstić information content (AvgIpc) is 3.39. The normalized spacial score (nSPS) is 29.3. The van der Waals surface area contributed by atoms with Crippen molar-refractivity contribution in [2.75, 3.05) is 32.8 Å². The van der Waals surface area contributed by atoms with E-state index in [0.29, 0.717) is 25.0 Å². The van der Waals surface area contributed by atoms with E-state index in [1.807, 2.05) is 6.92 Å². The van der Waals surface area contributed by atoms with Crippen molar-refractivity contribution >= 4 is 24.3 Å². The minimum absolute atomic E-state index is 0.0404. The number of hydrogen-bond acceptors (Lipinski definition) is 3. The molecule has 3 aliphatic rings. The SMILES string of the molecule is CCOC(=O)CCC1CCC(NP(=S)(N2CC2)N2CC2)CC1. The molecule has 126 valence electrons. The van der Waals surface area contributed by atoms with Gasteiger partial charge in [-0.15, -0.1) is 0 Å². The van der Waals surface area contributed by atoms with Crippen LogP contribution in [0.1, 0.15) is 45.4 Å². The van der Waals surface area contributed by atoms with Crippen molar-refractivity contribution in [1.29, 1.82) is 0 Å². The predicted octanol–water partition coefficient (Wildman–Crippen LogP) is 2.33. The van der Waals surface area contributed by atoms with Crippen LogP contribution in [0, 0.1) is 5.92 Å². The van der Waals surface area contributed by atoms with Crippen molar-refractivity contribution in [3.63, 3.8) is 0 Å².